The summed E-state index contributed by atoms with van der Waals surface area (Å²) in [6.07, 6.45) is -5.15. The van der Waals surface area contributed by atoms with Crippen LogP contribution in [-0.2, 0) is 28.5 Å². The van der Waals surface area contributed by atoms with Gasteiger partial charge < -0.3 is 24.1 Å². The van der Waals surface area contributed by atoms with Crippen LogP contribution in [0.4, 0.5) is 0 Å². The van der Waals surface area contributed by atoms with E-state index in [1.54, 1.807) is 12.1 Å². The average molecular weight is 363 g/mol. The predicted molar refractivity (Wildman–Crippen MR) is 84.8 cm³/mol. The lowest BCUT2D eigenvalue weighted by molar-refractivity contribution is -0.305. The Bertz CT molecular complexity index is 722. The molecule has 2 fully saturated rings. The number of carbonyl (C=O) groups is 2. The van der Waals surface area contributed by atoms with Gasteiger partial charge in [-0.3, -0.25) is 4.79 Å². The summed E-state index contributed by atoms with van der Waals surface area (Å²) in [4.78, 5) is 25.7. The first-order valence-corrected chi connectivity index (χ1v) is 7.93. The summed E-state index contributed by atoms with van der Waals surface area (Å²) in [5.41, 5.74) is 9.66. The van der Waals surface area contributed by atoms with Crippen LogP contribution < -0.4 is 0 Å². The number of carboxylic acids is 1. The van der Waals surface area contributed by atoms with Gasteiger partial charge >= 0.3 is 11.9 Å². The highest BCUT2D eigenvalue weighted by molar-refractivity contribution is 5.75. The Morgan fingerprint density at radius 2 is 2.04 bits per heavy atom. The maximum absolute atomic E-state index is 11.5. The Balaban J connectivity index is 1.90. The van der Waals surface area contributed by atoms with E-state index in [-0.39, 0.29) is 6.61 Å². The molecule has 2 aliphatic rings. The Labute approximate surface area is 148 Å². The van der Waals surface area contributed by atoms with E-state index in [4.69, 9.17) is 24.5 Å². The maximum Gasteiger partial charge on any atom is 0.336 e. The first-order valence-electron chi connectivity index (χ1n) is 7.93. The number of hydrogen-bond acceptors (Lipinski definition) is 7. The van der Waals surface area contributed by atoms with Crippen LogP contribution in [0.15, 0.2) is 35.4 Å². The molecule has 0 aliphatic carbocycles. The van der Waals surface area contributed by atoms with Crippen LogP contribution in [-0.4, -0.2) is 54.1 Å². The van der Waals surface area contributed by atoms with Crippen LogP contribution in [0, 0.1) is 0 Å². The van der Waals surface area contributed by atoms with Crippen LogP contribution in [0.1, 0.15) is 18.8 Å². The summed E-state index contributed by atoms with van der Waals surface area (Å²) in [5, 5.41) is 13.0. The Morgan fingerprint density at radius 1 is 1.31 bits per heavy atom. The maximum atomic E-state index is 11.5. The minimum absolute atomic E-state index is 0.0399. The zero-order chi connectivity index (χ0) is 18.7. The minimum Gasteiger partial charge on any atom is -0.479 e. The van der Waals surface area contributed by atoms with Crippen LogP contribution in [0.25, 0.3) is 10.4 Å². The SMILES string of the molecule is CC(=O)O[C@@H]1[C@@H](N=[N+]=[N-])[C@H]2O[C@@H](c3ccccc3)OC[C@H]2O[C@H]1C(=O)O. The van der Waals surface area contributed by atoms with Gasteiger partial charge in [-0.2, -0.15) is 0 Å². The van der Waals surface area contributed by atoms with Gasteiger partial charge in [0.2, 0.25) is 0 Å². The molecule has 2 saturated heterocycles. The quantitative estimate of drug-likeness (QED) is 0.370. The van der Waals surface area contributed by atoms with E-state index in [1.807, 2.05) is 18.2 Å². The molecule has 0 bridgehead atoms. The third-order valence-corrected chi connectivity index (χ3v) is 4.15. The molecule has 0 amide bonds. The summed E-state index contributed by atoms with van der Waals surface area (Å²) < 4.78 is 22.1. The van der Waals surface area contributed by atoms with E-state index in [0.29, 0.717) is 0 Å². The fourth-order valence-electron chi connectivity index (χ4n) is 3.09. The Morgan fingerprint density at radius 3 is 2.65 bits per heavy atom. The summed E-state index contributed by atoms with van der Waals surface area (Å²) >= 11 is 0. The molecular formula is C16H17N3O7. The number of nitrogens with zero attached hydrogens (tertiary/aromatic N) is 3. The molecular weight excluding hydrogens is 346 g/mol. The largest absolute Gasteiger partial charge is 0.479 e. The van der Waals surface area contributed by atoms with E-state index in [1.165, 1.54) is 0 Å². The fourth-order valence-corrected chi connectivity index (χ4v) is 3.09. The van der Waals surface area contributed by atoms with Crippen molar-refractivity contribution in [2.24, 2.45) is 5.11 Å². The lowest BCUT2D eigenvalue weighted by atomic mass is 9.92. The summed E-state index contributed by atoms with van der Waals surface area (Å²) in [6, 6.07) is 8.02. The number of carboxylic acid groups (broad SMARTS) is 1. The second-order valence-corrected chi connectivity index (χ2v) is 5.88. The second-order valence-electron chi connectivity index (χ2n) is 5.88. The molecule has 0 spiro atoms. The van der Waals surface area contributed by atoms with Crippen molar-refractivity contribution < 1.29 is 33.6 Å². The highest BCUT2D eigenvalue weighted by Crippen LogP contribution is 2.36. The van der Waals surface area contributed by atoms with Crippen LogP contribution in [0.2, 0.25) is 0 Å². The standard InChI is InChI=1S/C16H17N3O7/c1-8(20)24-13-11(18-19-17)12-10(25-14(13)15(21)22)7-23-16(26-12)9-5-3-2-4-6-9/h2-6,10-14,16H,7H2,1H3,(H,21,22)/t10-,11+,12+,13-,14-,16+/m1/s1. The lowest BCUT2D eigenvalue weighted by Crippen LogP contribution is -2.63. The second kappa shape index (κ2) is 7.71. The fraction of sp³-hybridized carbons (Fsp3) is 0.500. The predicted octanol–water partition coefficient (Wildman–Crippen LogP) is 1.56. The van der Waals surface area contributed by atoms with Crippen molar-refractivity contribution in [2.45, 2.75) is 43.7 Å². The number of esters is 1. The van der Waals surface area contributed by atoms with Crippen LogP contribution in [0.5, 0.6) is 0 Å². The van der Waals surface area contributed by atoms with Gasteiger partial charge in [-0.25, -0.2) is 4.79 Å². The van der Waals surface area contributed by atoms with E-state index < -0.39 is 48.7 Å². The van der Waals surface area contributed by atoms with Gasteiger partial charge in [0.05, 0.1) is 6.61 Å². The molecule has 0 radical (unpaired) electrons. The number of ether oxygens (including phenoxy) is 4. The average Bonchev–Trinajstić information content (AvgIpc) is 2.63. The minimum atomic E-state index is -1.49. The topological polar surface area (TPSA) is 140 Å². The third-order valence-electron chi connectivity index (χ3n) is 4.15. The van der Waals surface area contributed by atoms with E-state index >= 15 is 0 Å². The van der Waals surface area contributed by atoms with E-state index in [0.717, 1.165) is 12.5 Å². The molecule has 0 unspecified atom stereocenters. The zero-order valence-electron chi connectivity index (χ0n) is 13.8. The first kappa shape index (κ1) is 18.2. The molecule has 138 valence electrons. The van der Waals surface area contributed by atoms with Gasteiger partial charge in [-0.05, 0) is 5.53 Å². The molecule has 1 N–H and O–H groups in total. The first-order chi connectivity index (χ1) is 12.5. The molecule has 6 atom stereocenters. The van der Waals surface area contributed by atoms with Gasteiger partial charge in [0.1, 0.15) is 24.4 Å². The number of azide groups is 1. The van der Waals surface area contributed by atoms with Crippen LogP contribution >= 0.6 is 0 Å². The van der Waals surface area contributed by atoms with Gasteiger partial charge in [0, 0.05) is 17.4 Å². The van der Waals surface area contributed by atoms with Gasteiger partial charge in [-0.1, -0.05) is 35.4 Å². The van der Waals surface area contributed by atoms with Crippen molar-refractivity contribution >= 4 is 11.9 Å². The van der Waals surface area contributed by atoms with Crippen LogP contribution in [0.3, 0.4) is 0 Å². The van der Waals surface area contributed by atoms with Gasteiger partial charge in [0.15, 0.2) is 12.4 Å². The molecule has 3 rings (SSSR count). The van der Waals surface area contributed by atoms with Crippen molar-refractivity contribution in [3.05, 3.63) is 46.3 Å². The molecule has 2 aliphatic heterocycles. The van der Waals surface area contributed by atoms with Crippen molar-refractivity contribution in [1.29, 1.82) is 0 Å². The van der Waals surface area contributed by atoms with Gasteiger partial charge in [0.25, 0.3) is 0 Å². The number of hydrogen-bond donors (Lipinski definition) is 1. The van der Waals surface area contributed by atoms with Crippen molar-refractivity contribution in [3.8, 4) is 0 Å². The summed E-state index contributed by atoms with van der Waals surface area (Å²) in [5.74, 6) is -2.05. The summed E-state index contributed by atoms with van der Waals surface area (Å²) in [7, 11) is 0. The van der Waals surface area contributed by atoms with Crippen molar-refractivity contribution in [1.82, 2.24) is 0 Å². The summed E-state index contributed by atoms with van der Waals surface area (Å²) in [6.45, 7) is 1.17. The number of benzene rings is 1. The molecule has 1 aromatic carbocycles. The zero-order valence-corrected chi connectivity index (χ0v) is 13.8. The van der Waals surface area contributed by atoms with E-state index in [9.17, 15) is 14.7 Å². The number of carbonyl (C=O) groups excluding carboxylic acids is 1. The highest BCUT2D eigenvalue weighted by atomic mass is 16.7. The molecule has 10 heteroatoms. The van der Waals surface area contributed by atoms with E-state index in [2.05, 4.69) is 10.0 Å². The molecule has 10 nitrogen and oxygen atoms in total. The third kappa shape index (κ3) is 3.63. The smallest absolute Gasteiger partial charge is 0.336 e. The Hall–Kier alpha value is -2.65. The lowest BCUT2D eigenvalue weighted by Gasteiger charge is -2.46. The molecule has 2 heterocycles. The number of fused-ring (bicyclic) bond motifs is 1. The van der Waals surface area contributed by atoms with Crippen molar-refractivity contribution in [3.63, 3.8) is 0 Å². The highest BCUT2D eigenvalue weighted by Gasteiger charge is 2.53. The van der Waals surface area contributed by atoms with Gasteiger partial charge in [-0.15, -0.1) is 0 Å². The number of aliphatic carboxylic acids is 1. The normalized spacial score (nSPS) is 33.4. The molecule has 1 aromatic rings. The Kier molecular flexibility index (Phi) is 5.38. The van der Waals surface area contributed by atoms with Crippen molar-refractivity contribution in [2.75, 3.05) is 6.61 Å². The monoisotopic (exact) mass is 363 g/mol. The molecule has 0 saturated carbocycles. The molecule has 26 heavy (non-hydrogen) atoms. The number of rotatable bonds is 4. The molecule has 0 aromatic heterocycles.